The van der Waals surface area contributed by atoms with Gasteiger partial charge in [0.25, 0.3) is 5.91 Å². The number of nitrogens with two attached hydrogens (primary N) is 1. The topological polar surface area (TPSA) is 69.3 Å². The number of hydrogen-bond donors (Lipinski definition) is 2. The second-order valence-electron chi connectivity index (χ2n) is 6.26. The number of fused-ring (bicyclic) bond motifs is 1. The molecule has 0 radical (unpaired) electrons. The highest BCUT2D eigenvalue weighted by molar-refractivity contribution is 6.31. The smallest absolute Gasteiger partial charge is 0.268 e. The highest BCUT2D eigenvalue weighted by atomic mass is 35.5. The van der Waals surface area contributed by atoms with E-state index >= 15 is 0 Å². The molecule has 21 heavy (non-hydrogen) atoms. The summed E-state index contributed by atoms with van der Waals surface area (Å²) in [6.45, 7) is 4.79. The van der Waals surface area contributed by atoms with Crippen LogP contribution in [0.3, 0.4) is 0 Å². The fraction of sp³-hybridized carbons (Fsp3) is 0.667. The van der Waals surface area contributed by atoms with Gasteiger partial charge >= 0.3 is 0 Å². The summed E-state index contributed by atoms with van der Waals surface area (Å²) in [4.78, 5) is 12.5. The molecule has 2 aliphatic rings. The van der Waals surface area contributed by atoms with Gasteiger partial charge in [0, 0.05) is 30.8 Å². The summed E-state index contributed by atoms with van der Waals surface area (Å²) in [5.74, 6) is 0.244. The van der Waals surface area contributed by atoms with Crippen molar-refractivity contribution in [2.45, 2.75) is 50.9 Å². The summed E-state index contributed by atoms with van der Waals surface area (Å²) >= 11 is 6.03. The molecule has 1 aromatic heterocycles. The molecule has 1 aliphatic carbocycles. The quantitative estimate of drug-likeness (QED) is 0.896. The minimum atomic E-state index is -0.135. The Labute approximate surface area is 129 Å². The van der Waals surface area contributed by atoms with Gasteiger partial charge in [-0.2, -0.15) is 0 Å². The maximum absolute atomic E-state index is 12.5. The van der Waals surface area contributed by atoms with E-state index in [4.69, 9.17) is 22.1 Å². The fourth-order valence-electron chi connectivity index (χ4n) is 3.41. The van der Waals surface area contributed by atoms with Gasteiger partial charge in [-0.25, -0.2) is 0 Å². The molecule has 2 heterocycles. The van der Waals surface area contributed by atoms with E-state index in [1.165, 1.54) is 0 Å². The molecule has 0 spiro atoms. The summed E-state index contributed by atoms with van der Waals surface area (Å²) < 4.78 is 7.63. The number of carbonyl (C=O) groups is 1. The Hall–Kier alpha value is -1.04. The number of nitrogens with one attached hydrogen (secondary N) is 1. The summed E-state index contributed by atoms with van der Waals surface area (Å²) in [5.41, 5.74) is 6.75. The first-order valence-electron chi connectivity index (χ1n) is 7.54. The molecule has 1 aliphatic heterocycles. The second kappa shape index (κ2) is 5.63. The van der Waals surface area contributed by atoms with Gasteiger partial charge in [0.15, 0.2) is 0 Å². The lowest BCUT2D eigenvalue weighted by Crippen LogP contribution is -2.72. The van der Waals surface area contributed by atoms with Crippen LogP contribution in [0.4, 0.5) is 0 Å². The molecule has 6 heteroatoms. The van der Waals surface area contributed by atoms with E-state index < -0.39 is 0 Å². The maximum atomic E-state index is 12.5. The van der Waals surface area contributed by atoms with Gasteiger partial charge in [-0.1, -0.05) is 11.6 Å². The Bertz CT molecular complexity index is 543. The van der Waals surface area contributed by atoms with Crippen LogP contribution in [0.5, 0.6) is 0 Å². The first-order valence-corrected chi connectivity index (χ1v) is 7.92. The number of amides is 1. The molecule has 3 N–H and O–H groups in total. The Balaban J connectivity index is 1.72. The number of nitrogens with zero attached hydrogens (tertiary/aromatic N) is 1. The van der Waals surface area contributed by atoms with Crippen LogP contribution >= 0.6 is 11.6 Å². The normalized spacial score (nSPS) is 31.7. The van der Waals surface area contributed by atoms with Crippen LogP contribution in [-0.4, -0.2) is 35.3 Å². The minimum Gasteiger partial charge on any atom is -0.376 e. The Morgan fingerprint density at radius 3 is 3.05 bits per heavy atom. The van der Waals surface area contributed by atoms with Gasteiger partial charge in [0.2, 0.25) is 0 Å². The van der Waals surface area contributed by atoms with Crippen molar-refractivity contribution in [1.29, 1.82) is 0 Å². The van der Waals surface area contributed by atoms with Crippen LogP contribution < -0.4 is 11.1 Å². The zero-order chi connectivity index (χ0) is 15.1. The lowest BCUT2D eigenvalue weighted by atomic mass is 9.68. The summed E-state index contributed by atoms with van der Waals surface area (Å²) in [6.07, 6.45) is 3.99. The van der Waals surface area contributed by atoms with Crippen molar-refractivity contribution in [3.05, 3.63) is 23.0 Å². The van der Waals surface area contributed by atoms with Crippen molar-refractivity contribution in [1.82, 2.24) is 9.88 Å². The molecule has 4 unspecified atom stereocenters. The van der Waals surface area contributed by atoms with Gasteiger partial charge in [0.1, 0.15) is 5.69 Å². The van der Waals surface area contributed by atoms with E-state index in [9.17, 15) is 4.79 Å². The van der Waals surface area contributed by atoms with Crippen molar-refractivity contribution in [2.24, 2.45) is 11.7 Å². The van der Waals surface area contributed by atoms with Gasteiger partial charge in [-0.05, 0) is 32.8 Å². The molecule has 0 bridgehead atoms. The fourth-order valence-corrected chi connectivity index (χ4v) is 3.61. The van der Waals surface area contributed by atoms with Crippen molar-refractivity contribution in [2.75, 3.05) is 6.61 Å². The van der Waals surface area contributed by atoms with Gasteiger partial charge in [0.05, 0.1) is 17.2 Å². The van der Waals surface area contributed by atoms with Gasteiger partial charge in [-0.3, -0.25) is 4.79 Å². The molecule has 1 saturated heterocycles. The van der Waals surface area contributed by atoms with Crippen LogP contribution in [0.25, 0.3) is 0 Å². The number of rotatable bonds is 3. The Kier molecular flexibility index (Phi) is 3.99. The molecule has 116 valence electrons. The number of aromatic nitrogens is 1. The standard InChI is InChI=1S/C15H22ClN3O2/c1-8(2)19-7-9(16)6-11(19)15(20)18-13-12(17)10-4-3-5-21-14(10)13/h6-8,10,12-14H,3-5,17H2,1-2H3,(H,18,20). The van der Waals surface area contributed by atoms with Crippen molar-refractivity contribution in [3.8, 4) is 0 Å². The van der Waals surface area contributed by atoms with E-state index in [0.29, 0.717) is 16.6 Å². The first-order chi connectivity index (χ1) is 9.99. The van der Waals surface area contributed by atoms with E-state index in [2.05, 4.69) is 5.32 Å². The zero-order valence-electron chi connectivity index (χ0n) is 12.4. The van der Waals surface area contributed by atoms with Crippen LogP contribution in [0.15, 0.2) is 12.3 Å². The number of halogens is 1. The summed E-state index contributed by atoms with van der Waals surface area (Å²) in [6, 6.07) is 1.75. The van der Waals surface area contributed by atoms with Crippen molar-refractivity contribution >= 4 is 17.5 Å². The summed E-state index contributed by atoms with van der Waals surface area (Å²) in [7, 11) is 0. The third kappa shape index (κ3) is 2.58. The molecule has 5 nitrogen and oxygen atoms in total. The predicted molar refractivity (Wildman–Crippen MR) is 81.5 cm³/mol. The number of hydrogen-bond acceptors (Lipinski definition) is 3. The highest BCUT2D eigenvalue weighted by Crippen LogP contribution is 2.37. The molecule has 1 aromatic rings. The van der Waals surface area contributed by atoms with E-state index in [0.717, 1.165) is 19.4 Å². The van der Waals surface area contributed by atoms with Crippen LogP contribution in [0.1, 0.15) is 43.2 Å². The average molecular weight is 312 g/mol. The molecular weight excluding hydrogens is 290 g/mol. The van der Waals surface area contributed by atoms with Crippen molar-refractivity contribution < 1.29 is 9.53 Å². The van der Waals surface area contributed by atoms with Crippen LogP contribution in [0.2, 0.25) is 5.02 Å². The largest absolute Gasteiger partial charge is 0.376 e. The Morgan fingerprint density at radius 2 is 2.33 bits per heavy atom. The predicted octanol–water partition coefficient (Wildman–Crippen LogP) is 1.96. The minimum absolute atomic E-state index is 0.0165. The average Bonchev–Trinajstić information content (AvgIpc) is 2.86. The molecule has 2 fully saturated rings. The molecular formula is C15H22ClN3O2. The van der Waals surface area contributed by atoms with Crippen LogP contribution in [-0.2, 0) is 4.74 Å². The first kappa shape index (κ1) is 14.9. The van der Waals surface area contributed by atoms with Crippen LogP contribution in [0, 0.1) is 5.92 Å². The van der Waals surface area contributed by atoms with Crippen molar-refractivity contribution in [3.63, 3.8) is 0 Å². The van der Waals surface area contributed by atoms with E-state index in [1.54, 1.807) is 12.3 Å². The number of carbonyl (C=O) groups excluding carboxylic acids is 1. The second-order valence-corrected chi connectivity index (χ2v) is 6.70. The summed E-state index contributed by atoms with van der Waals surface area (Å²) in [5, 5.41) is 3.59. The maximum Gasteiger partial charge on any atom is 0.268 e. The molecule has 4 atom stereocenters. The zero-order valence-corrected chi connectivity index (χ0v) is 13.1. The SMILES string of the molecule is CC(C)n1cc(Cl)cc1C(=O)NC1C(N)C2CCCOC21. The molecule has 1 saturated carbocycles. The Morgan fingerprint density at radius 1 is 1.57 bits per heavy atom. The lowest BCUT2D eigenvalue weighted by Gasteiger charge is -2.52. The van der Waals surface area contributed by atoms with Gasteiger partial charge < -0.3 is 20.4 Å². The van der Waals surface area contributed by atoms with Gasteiger partial charge in [-0.15, -0.1) is 0 Å². The van der Waals surface area contributed by atoms with E-state index in [-0.39, 0.29) is 30.1 Å². The third-order valence-corrected chi connectivity index (χ3v) is 4.79. The monoisotopic (exact) mass is 311 g/mol. The highest BCUT2D eigenvalue weighted by Gasteiger charge is 2.51. The number of ether oxygens (including phenoxy) is 1. The van der Waals surface area contributed by atoms with E-state index in [1.807, 2.05) is 18.4 Å². The lowest BCUT2D eigenvalue weighted by molar-refractivity contribution is -0.117. The molecule has 0 aromatic carbocycles. The molecule has 3 rings (SSSR count). The molecule has 1 amide bonds. The third-order valence-electron chi connectivity index (χ3n) is 4.58.